The van der Waals surface area contributed by atoms with Crippen LogP contribution in [0.3, 0.4) is 0 Å². The summed E-state index contributed by atoms with van der Waals surface area (Å²) in [5.41, 5.74) is 5.94. The fourth-order valence-corrected chi connectivity index (χ4v) is 3.37. The second-order valence-electron chi connectivity index (χ2n) is 4.08. The van der Waals surface area contributed by atoms with Gasteiger partial charge in [0.15, 0.2) is 9.84 Å². The van der Waals surface area contributed by atoms with Crippen molar-refractivity contribution >= 4 is 15.7 Å². The molecule has 3 N–H and O–H groups in total. The van der Waals surface area contributed by atoms with Gasteiger partial charge in [-0.2, -0.15) is 0 Å². The van der Waals surface area contributed by atoms with Gasteiger partial charge < -0.3 is 10.5 Å². The monoisotopic (exact) mass is 254 g/mol. The average Bonchev–Trinajstić information content (AvgIpc) is 2.58. The van der Waals surface area contributed by atoms with Gasteiger partial charge in [0.2, 0.25) is 0 Å². The zero-order valence-electron chi connectivity index (χ0n) is 9.22. The van der Waals surface area contributed by atoms with E-state index in [4.69, 9.17) is 15.9 Å². The third-order valence-corrected chi connectivity index (χ3v) is 4.38. The molecule has 1 heterocycles. The van der Waals surface area contributed by atoms with Crippen molar-refractivity contribution in [2.75, 3.05) is 11.5 Å². The van der Waals surface area contributed by atoms with Gasteiger partial charge in [-0.05, 0) is 18.6 Å². The molecular formula is C11H14N2O3S. The second-order valence-corrected chi connectivity index (χ2v) is 6.31. The van der Waals surface area contributed by atoms with Gasteiger partial charge in [0, 0.05) is 5.56 Å². The van der Waals surface area contributed by atoms with Crippen molar-refractivity contribution in [3.05, 3.63) is 29.8 Å². The molecule has 1 unspecified atom stereocenters. The fraction of sp³-hybridized carbons (Fsp3) is 0.364. The molecule has 17 heavy (non-hydrogen) atoms. The molecular weight excluding hydrogens is 240 g/mol. The minimum Gasteiger partial charge on any atom is -0.489 e. The number of benzene rings is 1. The number of sulfone groups is 1. The van der Waals surface area contributed by atoms with Crippen molar-refractivity contribution in [1.82, 2.24) is 0 Å². The molecule has 0 bridgehead atoms. The average molecular weight is 254 g/mol. The van der Waals surface area contributed by atoms with Gasteiger partial charge >= 0.3 is 0 Å². The minimum atomic E-state index is -2.93. The lowest BCUT2D eigenvalue weighted by atomic mass is 10.2. The first-order valence-electron chi connectivity index (χ1n) is 5.28. The predicted molar refractivity (Wildman–Crippen MR) is 65.1 cm³/mol. The summed E-state index contributed by atoms with van der Waals surface area (Å²) in [6.07, 6.45) is 0.231. The standard InChI is InChI=1S/C11H14N2O3S/c12-11(13)8-2-1-3-9(6-8)16-10-4-5-17(14,15)7-10/h1-3,6,10H,4-5,7H2,(H3,12,13). The summed E-state index contributed by atoms with van der Waals surface area (Å²) >= 11 is 0. The highest BCUT2D eigenvalue weighted by Crippen LogP contribution is 2.20. The third kappa shape index (κ3) is 2.97. The first-order valence-corrected chi connectivity index (χ1v) is 7.10. The van der Waals surface area contributed by atoms with Crippen LogP contribution in [0.4, 0.5) is 0 Å². The molecule has 0 radical (unpaired) electrons. The summed E-state index contributed by atoms with van der Waals surface area (Å²) in [5, 5.41) is 7.31. The molecule has 1 atom stereocenters. The number of nitrogen functional groups attached to an aromatic ring is 1. The highest BCUT2D eigenvalue weighted by molar-refractivity contribution is 7.91. The zero-order chi connectivity index (χ0) is 12.5. The Labute approximate surface area is 100 Å². The summed E-state index contributed by atoms with van der Waals surface area (Å²) < 4.78 is 28.1. The van der Waals surface area contributed by atoms with Crippen molar-refractivity contribution in [3.63, 3.8) is 0 Å². The molecule has 5 nitrogen and oxygen atoms in total. The van der Waals surface area contributed by atoms with Crippen molar-refractivity contribution in [2.45, 2.75) is 12.5 Å². The summed E-state index contributed by atoms with van der Waals surface area (Å²) in [7, 11) is -2.93. The lowest BCUT2D eigenvalue weighted by Crippen LogP contribution is -2.18. The summed E-state index contributed by atoms with van der Waals surface area (Å²) in [4.78, 5) is 0. The number of hydrogen-bond donors (Lipinski definition) is 2. The number of nitrogens with two attached hydrogens (primary N) is 1. The lowest BCUT2D eigenvalue weighted by molar-refractivity contribution is 0.229. The van der Waals surface area contributed by atoms with Crippen LogP contribution in [0.15, 0.2) is 24.3 Å². The van der Waals surface area contributed by atoms with Gasteiger partial charge in [0.25, 0.3) is 0 Å². The molecule has 1 aromatic rings. The molecule has 0 spiro atoms. The highest BCUT2D eigenvalue weighted by atomic mass is 32.2. The van der Waals surface area contributed by atoms with E-state index in [1.807, 2.05) is 0 Å². The topological polar surface area (TPSA) is 93.2 Å². The van der Waals surface area contributed by atoms with Crippen LogP contribution in [-0.2, 0) is 9.84 Å². The molecule has 92 valence electrons. The molecule has 0 saturated carbocycles. The predicted octanol–water partition coefficient (Wildman–Crippen LogP) is 0.537. The molecule has 0 aliphatic carbocycles. The molecule has 1 aliphatic heterocycles. The molecule has 6 heteroatoms. The SMILES string of the molecule is N=C(N)c1cccc(OC2CCS(=O)(=O)C2)c1. The second kappa shape index (κ2) is 4.37. The molecule has 1 fully saturated rings. The van der Waals surface area contributed by atoms with E-state index in [9.17, 15) is 8.42 Å². The number of ether oxygens (including phenoxy) is 1. The first-order chi connectivity index (χ1) is 7.96. The first kappa shape index (κ1) is 11.9. The smallest absolute Gasteiger partial charge is 0.154 e. The molecule has 0 aromatic heterocycles. The molecule has 1 aromatic carbocycles. The Bertz CT molecular complexity index is 539. The normalized spacial score (nSPS) is 22.2. The third-order valence-electron chi connectivity index (χ3n) is 2.64. The van der Waals surface area contributed by atoms with Crippen LogP contribution in [0.1, 0.15) is 12.0 Å². The van der Waals surface area contributed by atoms with E-state index in [1.54, 1.807) is 24.3 Å². The van der Waals surface area contributed by atoms with E-state index in [2.05, 4.69) is 0 Å². The van der Waals surface area contributed by atoms with Crippen molar-refractivity contribution in [1.29, 1.82) is 5.41 Å². The van der Waals surface area contributed by atoms with Crippen molar-refractivity contribution < 1.29 is 13.2 Å². The molecule has 2 rings (SSSR count). The maximum absolute atomic E-state index is 11.3. The largest absolute Gasteiger partial charge is 0.489 e. The molecule has 0 amide bonds. The lowest BCUT2D eigenvalue weighted by Gasteiger charge is -2.12. The number of nitrogens with one attached hydrogen (secondary N) is 1. The molecule has 1 aliphatic rings. The Kier molecular flexibility index (Phi) is 3.06. The highest BCUT2D eigenvalue weighted by Gasteiger charge is 2.29. The Morgan fingerprint density at radius 3 is 2.82 bits per heavy atom. The zero-order valence-corrected chi connectivity index (χ0v) is 10.0. The summed E-state index contributed by atoms with van der Waals surface area (Å²) in [6.45, 7) is 0. The Morgan fingerprint density at radius 2 is 2.24 bits per heavy atom. The van der Waals surface area contributed by atoms with Crippen LogP contribution < -0.4 is 10.5 Å². The van der Waals surface area contributed by atoms with E-state index >= 15 is 0 Å². The Hall–Kier alpha value is -1.56. The van der Waals surface area contributed by atoms with Gasteiger partial charge in [-0.3, -0.25) is 5.41 Å². The summed E-state index contributed by atoms with van der Waals surface area (Å²) in [5.74, 6) is 0.774. The van der Waals surface area contributed by atoms with E-state index in [0.29, 0.717) is 17.7 Å². The maximum atomic E-state index is 11.3. The van der Waals surface area contributed by atoms with Gasteiger partial charge in [0.1, 0.15) is 17.7 Å². The Balaban J connectivity index is 2.09. The van der Waals surface area contributed by atoms with Crippen molar-refractivity contribution in [3.8, 4) is 5.75 Å². The fourth-order valence-electron chi connectivity index (χ4n) is 1.78. The number of hydrogen-bond acceptors (Lipinski definition) is 4. The van der Waals surface area contributed by atoms with Gasteiger partial charge in [-0.15, -0.1) is 0 Å². The van der Waals surface area contributed by atoms with Gasteiger partial charge in [0.05, 0.1) is 11.5 Å². The van der Waals surface area contributed by atoms with Crippen LogP contribution in [-0.4, -0.2) is 31.9 Å². The Morgan fingerprint density at radius 1 is 1.47 bits per heavy atom. The van der Waals surface area contributed by atoms with E-state index in [0.717, 1.165) is 0 Å². The van der Waals surface area contributed by atoms with Crippen LogP contribution in [0, 0.1) is 5.41 Å². The molecule has 1 saturated heterocycles. The van der Waals surface area contributed by atoms with Crippen molar-refractivity contribution in [2.24, 2.45) is 5.73 Å². The summed E-state index contributed by atoms with van der Waals surface area (Å²) in [6, 6.07) is 6.82. The van der Waals surface area contributed by atoms with Gasteiger partial charge in [-0.1, -0.05) is 12.1 Å². The number of rotatable bonds is 3. The number of amidine groups is 1. The van der Waals surface area contributed by atoms with Crippen LogP contribution in [0.25, 0.3) is 0 Å². The quantitative estimate of drug-likeness (QED) is 0.608. The van der Waals surface area contributed by atoms with Crippen LogP contribution in [0.5, 0.6) is 5.75 Å². The van der Waals surface area contributed by atoms with E-state index in [-0.39, 0.29) is 23.4 Å². The van der Waals surface area contributed by atoms with E-state index in [1.165, 1.54) is 0 Å². The van der Waals surface area contributed by atoms with Crippen LogP contribution in [0.2, 0.25) is 0 Å². The van der Waals surface area contributed by atoms with Crippen LogP contribution >= 0.6 is 0 Å². The van der Waals surface area contributed by atoms with E-state index < -0.39 is 9.84 Å². The maximum Gasteiger partial charge on any atom is 0.154 e. The minimum absolute atomic E-state index is 0.0329. The van der Waals surface area contributed by atoms with Gasteiger partial charge in [-0.25, -0.2) is 8.42 Å².